The van der Waals surface area contributed by atoms with Crippen LogP contribution in [0.5, 0.6) is 0 Å². The molecule has 1 saturated heterocycles. The predicted octanol–water partition coefficient (Wildman–Crippen LogP) is 0.120. The third kappa shape index (κ3) is 1.96. The highest BCUT2D eigenvalue weighted by molar-refractivity contribution is 5.77. The molecule has 2 fully saturated rings. The lowest BCUT2D eigenvalue weighted by atomic mass is 10.1. The molecule has 1 saturated carbocycles. The van der Waals surface area contributed by atoms with E-state index in [2.05, 4.69) is 10.6 Å². The average molecular weight is 190 g/mol. The first-order valence-electron chi connectivity index (χ1n) is 4.46. The lowest BCUT2D eigenvalue weighted by molar-refractivity contribution is -0.123. The first-order chi connectivity index (χ1) is 6.08. The second kappa shape index (κ2) is 2.90. The summed E-state index contributed by atoms with van der Waals surface area (Å²) in [5.74, 6) is -3.52. The maximum absolute atomic E-state index is 12.4. The van der Waals surface area contributed by atoms with Crippen LogP contribution in [0.1, 0.15) is 12.8 Å². The first-order valence-corrected chi connectivity index (χ1v) is 4.46. The molecule has 0 aromatic heterocycles. The van der Waals surface area contributed by atoms with Gasteiger partial charge in [0.1, 0.15) is 0 Å². The molecule has 0 bridgehead atoms. The molecule has 3 nitrogen and oxygen atoms in total. The molecule has 1 heterocycles. The summed E-state index contributed by atoms with van der Waals surface area (Å²) in [6, 6.07) is 0.153. The van der Waals surface area contributed by atoms with Gasteiger partial charge in [-0.2, -0.15) is 0 Å². The maximum atomic E-state index is 12.4. The standard InChI is InChI=1S/C8H12F2N2O/c9-8(10)2-5(8)1-7(13)12-6-3-11-4-6/h5-6,11H,1-4H2,(H,12,13). The van der Waals surface area contributed by atoms with E-state index in [-0.39, 0.29) is 24.8 Å². The Morgan fingerprint density at radius 2 is 2.15 bits per heavy atom. The fourth-order valence-electron chi connectivity index (χ4n) is 1.39. The number of hydrogen-bond donors (Lipinski definition) is 2. The van der Waals surface area contributed by atoms with Crippen LogP contribution in [0.3, 0.4) is 0 Å². The normalized spacial score (nSPS) is 30.8. The molecule has 2 rings (SSSR count). The Morgan fingerprint density at radius 3 is 2.54 bits per heavy atom. The number of hydrogen-bond acceptors (Lipinski definition) is 2. The number of carbonyl (C=O) groups is 1. The van der Waals surface area contributed by atoms with Crippen LogP contribution in [-0.2, 0) is 4.79 Å². The number of alkyl halides is 2. The highest BCUT2D eigenvalue weighted by Crippen LogP contribution is 2.50. The van der Waals surface area contributed by atoms with Crippen molar-refractivity contribution in [2.45, 2.75) is 24.8 Å². The van der Waals surface area contributed by atoms with Gasteiger partial charge in [0.25, 0.3) is 5.92 Å². The Labute approximate surface area is 74.9 Å². The molecule has 0 aromatic rings. The highest BCUT2D eigenvalue weighted by atomic mass is 19.3. The van der Waals surface area contributed by atoms with Gasteiger partial charge in [0.2, 0.25) is 5.91 Å². The molecule has 1 amide bonds. The molecule has 13 heavy (non-hydrogen) atoms. The summed E-state index contributed by atoms with van der Waals surface area (Å²) in [4.78, 5) is 11.1. The van der Waals surface area contributed by atoms with Gasteiger partial charge in [0.05, 0.1) is 6.04 Å². The lowest BCUT2D eigenvalue weighted by Crippen LogP contribution is -2.57. The van der Waals surface area contributed by atoms with Crippen molar-refractivity contribution in [1.29, 1.82) is 0 Å². The quantitative estimate of drug-likeness (QED) is 0.663. The van der Waals surface area contributed by atoms with E-state index in [1.165, 1.54) is 0 Å². The van der Waals surface area contributed by atoms with Gasteiger partial charge in [-0.05, 0) is 0 Å². The molecule has 2 N–H and O–H groups in total. The number of halogens is 2. The third-order valence-corrected chi connectivity index (χ3v) is 2.53. The van der Waals surface area contributed by atoms with Crippen molar-refractivity contribution in [3.8, 4) is 0 Å². The van der Waals surface area contributed by atoms with Crippen molar-refractivity contribution in [3.05, 3.63) is 0 Å². The van der Waals surface area contributed by atoms with Gasteiger partial charge >= 0.3 is 0 Å². The van der Waals surface area contributed by atoms with Crippen LogP contribution in [0, 0.1) is 5.92 Å². The van der Waals surface area contributed by atoms with Crippen LogP contribution in [-0.4, -0.2) is 31.0 Å². The topological polar surface area (TPSA) is 41.1 Å². The van der Waals surface area contributed by atoms with Gasteiger partial charge in [-0.15, -0.1) is 0 Å². The number of rotatable bonds is 3. The van der Waals surface area contributed by atoms with E-state index >= 15 is 0 Å². The monoisotopic (exact) mass is 190 g/mol. The number of nitrogens with one attached hydrogen (secondary N) is 2. The van der Waals surface area contributed by atoms with E-state index in [4.69, 9.17) is 0 Å². The first kappa shape index (κ1) is 8.87. The highest BCUT2D eigenvalue weighted by Gasteiger charge is 2.57. The van der Waals surface area contributed by atoms with Crippen molar-refractivity contribution in [1.82, 2.24) is 10.6 Å². The van der Waals surface area contributed by atoms with Gasteiger partial charge < -0.3 is 10.6 Å². The molecule has 74 valence electrons. The van der Waals surface area contributed by atoms with Gasteiger partial charge in [0.15, 0.2) is 0 Å². The Bertz CT molecular complexity index is 228. The van der Waals surface area contributed by atoms with E-state index in [1.807, 2.05) is 0 Å². The minimum Gasteiger partial charge on any atom is -0.351 e. The molecule has 0 radical (unpaired) electrons. The second-order valence-corrected chi connectivity index (χ2v) is 3.79. The molecular formula is C8H12F2N2O. The Balaban J connectivity index is 1.67. The van der Waals surface area contributed by atoms with Gasteiger partial charge in [-0.25, -0.2) is 8.78 Å². The second-order valence-electron chi connectivity index (χ2n) is 3.79. The van der Waals surface area contributed by atoms with E-state index < -0.39 is 11.8 Å². The van der Waals surface area contributed by atoms with Crippen molar-refractivity contribution in [2.24, 2.45) is 5.92 Å². The summed E-state index contributed by atoms with van der Waals surface area (Å²) in [6.07, 6.45) is -0.146. The molecule has 0 spiro atoms. The van der Waals surface area contributed by atoms with Crippen molar-refractivity contribution in [2.75, 3.05) is 13.1 Å². The Morgan fingerprint density at radius 1 is 1.54 bits per heavy atom. The molecule has 1 aliphatic heterocycles. The largest absolute Gasteiger partial charge is 0.351 e. The molecule has 0 aromatic carbocycles. The fourth-order valence-corrected chi connectivity index (χ4v) is 1.39. The van der Waals surface area contributed by atoms with Crippen LogP contribution >= 0.6 is 0 Å². The van der Waals surface area contributed by atoms with E-state index in [9.17, 15) is 13.6 Å². The SMILES string of the molecule is O=C(CC1CC1(F)F)NC1CNC1. The third-order valence-electron chi connectivity index (χ3n) is 2.53. The summed E-state index contributed by atoms with van der Waals surface area (Å²) in [7, 11) is 0. The zero-order chi connectivity index (χ0) is 9.47. The summed E-state index contributed by atoms with van der Waals surface area (Å²) in [6.45, 7) is 1.51. The summed E-state index contributed by atoms with van der Waals surface area (Å²) in [5.41, 5.74) is 0. The molecular weight excluding hydrogens is 178 g/mol. The van der Waals surface area contributed by atoms with E-state index in [0.29, 0.717) is 0 Å². The van der Waals surface area contributed by atoms with Gasteiger partial charge in [-0.3, -0.25) is 4.79 Å². The van der Waals surface area contributed by atoms with Crippen molar-refractivity contribution < 1.29 is 13.6 Å². The maximum Gasteiger partial charge on any atom is 0.252 e. The average Bonchev–Trinajstić information content (AvgIpc) is 2.50. The van der Waals surface area contributed by atoms with E-state index in [0.717, 1.165) is 13.1 Å². The number of carbonyl (C=O) groups excluding carboxylic acids is 1. The van der Waals surface area contributed by atoms with Crippen LogP contribution in [0.4, 0.5) is 8.78 Å². The molecule has 1 unspecified atom stereocenters. The van der Waals surface area contributed by atoms with Crippen LogP contribution in [0.2, 0.25) is 0 Å². The van der Waals surface area contributed by atoms with Crippen molar-refractivity contribution >= 4 is 5.91 Å². The zero-order valence-corrected chi connectivity index (χ0v) is 7.15. The Hall–Kier alpha value is -0.710. The smallest absolute Gasteiger partial charge is 0.252 e. The fraction of sp³-hybridized carbons (Fsp3) is 0.875. The zero-order valence-electron chi connectivity index (χ0n) is 7.15. The summed E-state index contributed by atoms with van der Waals surface area (Å²) < 4.78 is 24.8. The van der Waals surface area contributed by atoms with Crippen LogP contribution in [0.15, 0.2) is 0 Å². The molecule has 2 aliphatic rings. The molecule has 1 atom stereocenters. The van der Waals surface area contributed by atoms with Crippen LogP contribution < -0.4 is 10.6 Å². The minimum absolute atomic E-state index is 0.0243. The lowest BCUT2D eigenvalue weighted by Gasteiger charge is -2.27. The predicted molar refractivity (Wildman–Crippen MR) is 42.5 cm³/mol. The molecule has 1 aliphatic carbocycles. The van der Waals surface area contributed by atoms with E-state index in [1.54, 1.807) is 0 Å². The molecule has 5 heteroatoms. The summed E-state index contributed by atoms with van der Waals surface area (Å²) in [5, 5.41) is 5.68. The minimum atomic E-state index is -2.57. The van der Waals surface area contributed by atoms with Gasteiger partial charge in [0, 0.05) is 31.8 Å². The Kier molecular flexibility index (Phi) is 1.98. The van der Waals surface area contributed by atoms with Crippen LogP contribution in [0.25, 0.3) is 0 Å². The van der Waals surface area contributed by atoms with Gasteiger partial charge in [-0.1, -0.05) is 0 Å². The summed E-state index contributed by atoms with van der Waals surface area (Å²) >= 11 is 0. The van der Waals surface area contributed by atoms with Crippen molar-refractivity contribution in [3.63, 3.8) is 0 Å². The number of amides is 1.